The molecule has 0 aliphatic carbocycles. The van der Waals surface area contributed by atoms with Crippen molar-refractivity contribution in [2.45, 2.75) is 19.4 Å². The molecule has 0 fully saturated rings. The molecule has 4 rings (SSSR count). The van der Waals surface area contributed by atoms with Gasteiger partial charge in [-0.15, -0.1) is 11.3 Å². The Hall–Kier alpha value is -3.65. The van der Waals surface area contributed by atoms with Crippen LogP contribution >= 0.6 is 11.3 Å². The highest BCUT2D eigenvalue weighted by Crippen LogP contribution is 2.32. The topological polar surface area (TPSA) is 104 Å². The molecule has 2 aromatic heterocycles. The number of carbonyl (C=O) groups excluding carboxylic acids is 2. The molecule has 0 spiro atoms. The molecule has 4 N–H and O–H groups in total. The summed E-state index contributed by atoms with van der Waals surface area (Å²) in [5, 5.41) is 11.0. The number of nitrogen functional groups attached to an aromatic ring is 1. The van der Waals surface area contributed by atoms with E-state index >= 15 is 0 Å². The van der Waals surface area contributed by atoms with Crippen LogP contribution in [0.15, 0.2) is 60.7 Å². The SMILES string of the molecule is CN(C(=O)c1ccc(N)cc1)c1[nH]nc2sc(C(=O)NC(C)(C)c3ccccc3)cc12. The fraction of sp³-hybridized carbons (Fsp3) is 0.174. The van der Waals surface area contributed by atoms with Crippen LogP contribution in [0.5, 0.6) is 0 Å². The number of anilines is 2. The Bertz CT molecular complexity index is 1240. The highest BCUT2D eigenvalue weighted by molar-refractivity contribution is 7.20. The first-order valence-electron chi connectivity index (χ1n) is 9.76. The smallest absolute Gasteiger partial charge is 0.262 e. The van der Waals surface area contributed by atoms with Gasteiger partial charge in [-0.2, -0.15) is 5.10 Å². The summed E-state index contributed by atoms with van der Waals surface area (Å²) in [4.78, 5) is 28.5. The van der Waals surface area contributed by atoms with Gasteiger partial charge in [0.05, 0.1) is 15.8 Å². The number of nitrogens with zero attached hydrogens (tertiary/aromatic N) is 2. The Balaban J connectivity index is 1.58. The lowest BCUT2D eigenvalue weighted by Crippen LogP contribution is -2.40. The summed E-state index contributed by atoms with van der Waals surface area (Å²) >= 11 is 1.28. The van der Waals surface area contributed by atoms with Crippen LogP contribution in [0.25, 0.3) is 10.2 Å². The van der Waals surface area contributed by atoms with Gasteiger partial charge < -0.3 is 11.1 Å². The summed E-state index contributed by atoms with van der Waals surface area (Å²) < 4.78 is 0. The van der Waals surface area contributed by atoms with E-state index in [1.807, 2.05) is 44.2 Å². The van der Waals surface area contributed by atoms with Crippen LogP contribution in [0.4, 0.5) is 11.5 Å². The van der Waals surface area contributed by atoms with Gasteiger partial charge in [0.1, 0.15) is 10.6 Å². The molecule has 0 bridgehead atoms. The third-order valence-corrected chi connectivity index (χ3v) is 6.20. The highest BCUT2D eigenvalue weighted by atomic mass is 32.1. The summed E-state index contributed by atoms with van der Waals surface area (Å²) in [6.45, 7) is 3.92. The van der Waals surface area contributed by atoms with E-state index in [2.05, 4.69) is 15.5 Å². The van der Waals surface area contributed by atoms with Crippen LogP contribution in [-0.4, -0.2) is 29.1 Å². The molecule has 4 aromatic rings. The Morgan fingerprint density at radius 3 is 2.45 bits per heavy atom. The molecule has 8 heteroatoms. The van der Waals surface area contributed by atoms with E-state index in [0.717, 1.165) is 10.9 Å². The molecule has 0 aliphatic rings. The molecule has 2 aromatic carbocycles. The van der Waals surface area contributed by atoms with E-state index in [-0.39, 0.29) is 11.8 Å². The number of aromatic nitrogens is 2. The largest absolute Gasteiger partial charge is 0.399 e. The Labute approximate surface area is 183 Å². The summed E-state index contributed by atoms with van der Waals surface area (Å²) in [6, 6.07) is 18.3. The zero-order valence-corrected chi connectivity index (χ0v) is 18.3. The van der Waals surface area contributed by atoms with Gasteiger partial charge in [-0.3, -0.25) is 19.6 Å². The van der Waals surface area contributed by atoms with Crippen molar-refractivity contribution in [1.82, 2.24) is 15.5 Å². The van der Waals surface area contributed by atoms with Crippen LogP contribution < -0.4 is 16.0 Å². The predicted octanol–water partition coefficient (Wildman–Crippen LogP) is 4.15. The van der Waals surface area contributed by atoms with Crippen molar-refractivity contribution in [3.63, 3.8) is 0 Å². The second-order valence-electron chi connectivity index (χ2n) is 7.83. The molecule has 2 amide bonds. The average Bonchev–Trinajstić information content (AvgIpc) is 3.35. The van der Waals surface area contributed by atoms with E-state index < -0.39 is 5.54 Å². The molecule has 0 unspecified atom stereocenters. The van der Waals surface area contributed by atoms with E-state index in [1.165, 1.54) is 16.2 Å². The highest BCUT2D eigenvalue weighted by Gasteiger charge is 2.26. The van der Waals surface area contributed by atoms with Crippen molar-refractivity contribution in [1.29, 1.82) is 0 Å². The van der Waals surface area contributed by atoms with Gasteiger partial charge in [0.2, 0.25) is 0 Å². The minimum Gasteiger partial charge on any atom is -0.399 e. The number of aromatic amines is 1. The van der Waals surface area contributed by atoms with Crippen LogP contribution in [0.1, 0.15) is 39.4 Å². The average molecular weight is 434 g/mol. The number of hydrogen-bond donors (Lipinski definition) is 3. The molecule has 2 heterocycles. The van der Waals surface area contributed by atoms with Gasteiger partial charge >= 0.3 is 0 Å². The number of carbonyl (C=O) groups is 2. The number of benzene rings is 2. The maximum Gasteiger partial charge on any atom is 0.262 e. The maximum atomic E-state index is 12.9. The maximum absolute atomic E-state index is 12.9. The quantitative estimate of drug-likeness (QED) is 0.411. The van der Waals surface area contributed by atoms with Gasteiger partial charge in [-0.05, 0) is 49.7 Å². The number of amides is 2. The first-order valence-corrected chi connectivity index (χ1v) is 10.6. The third kappa shape index (κ3) is 4.02. The normalized spacial score (nSPS) is 11.5. The molecular formula is C23H23N5O2S. The van der Waals surface area contributed by atoms with Crippen molar-refractivity contribution < 1.29 is 9.59 Å². The number of H-pyrrole nitrogens is 1. The van der Waals surface area contributed by atoms with Crippen molar-refractivity contribution in [3.8, 4) is 0 Å². The molecule has 7 nitrogen and oxygen atoms in total. The second-order valence-corrected chi connectivity index (χ2v) is 8.86. The van der Waals surface area contributed by atoms with Gasteiger partial charge in [0.25, 0.3) is 11.8 Å². The fourth-order valence-electron chi connectivity index (χ4n) is 3.36. The van der Waals surface area contributed by atoms with Crippen molar-refractivity contribution in [2.24, 2.45) is 0 Å². The summed E-state index contributed by atoms with van der Waals surface area (Å²) in [7, 11) is 1.67. The van der Waals surface area contributed by atoms with Crippen molar-refractivity contribution in [2.75, 3.05) is 17.7 Å². The predicted molar refractivity (Wildman–Crippen MR) is 124 cm³/mol. The lowest BCUT2D eigenvalue weighted by atomic mass is 9.94. The zero-order chi connectivity index (χ0) is 22.2. The molecule has 0 radical (unpaired) electrons. The number of nitrogens with one attached hydrogen (secondary N) is 2. The lowest BCUT2D eigenvalue weighted by molar-refractivity contribution is 0.0915. The number of hydrogen-bond acceptors (Lipinski definition) is 5. The van der Waals surface area contributed by atoms with Gasteiger partial charge in [0.15, 0.2) is 0 Å². The summed E-state index contributed by atoms with van der Waals surface area (Å²) in [6.07, 6.45) is 0. The van der Waals surface area contributed by atoms with Gasteiger partial charge in [0, 0.05) is 18.3 Å². The first-order chi connectivity index (χ1) is 14.8. The number of rotatable bonds is 5. The molecule has 0 saturated heterocycles. The Morgan fingerprint density at radius 1 is 1.10 bits per heavy atom. The van der Waals surface area contributed by atoms with Crippen molar-refractivity contribution in [3.05, 3.63) is 76.7 Å². The molecule has 0 saturated carbocycles. The molecule has 0 atom stereocenters. The summed E-state index contributed by atoms with van der Waals surface area (Å²) in [5.74, 6) is 0.151. The number of thiophene rings is 1. The minimum atomic E-state index is -0.531. The van der Waals surface area contributed by atoms with Gasteiger partial charge in [-0.1, -0.05) is 30.3 Å². The third-order valence-electron chi connectivity index (χ3n) is 5.17. The van der Waals surface area contributed by atoms with Crippen LogP contribution in [0.2, 0.25) is 0 Å². The zero-order valence-electron chi connectivity index (χ0n) is 17.5. The number of nitrogens with two attached hydrogens (primary N) is 1. The molecule has 0 aliphatic heterocycles. The second kappa shape index (κ2) is 7.88. The standard InChI is InChI=1S/C23H23N5O2S/c1-23(2,15-7-5-4-6-8-15)25-20(29)18-13-17-19(26-27-21(17)31-18)28(3)22(30)14-9-11-16(24)12-10-14/h4-13H,24H2,1-3H3,(H,25,29)(H,26,27). The van der Waals surface area contributed by atoms with E-state index in [4.69, 9.17) is 5.73 Å². The van der Waals surface area contributed by atoms with Crippen LogP contribution in [0.3, 0.4) is 0 Å². The fourth-order valence-corrected chi connectivity index (χ4v) is 4.24. The molecular weight excluding hydrogens is 410 g/mol. The Kier molecular flexibility index (Phi) is 5.24. The van der Waals surface area contributed by atoms with E-state index in [1.54, 1.807) is 37.4 Å². The minimum absolute atomic E-state index is 0.185. The van der Waals surface area contributed by atoms with Crippen LogP contribution in [-0.2, 0) is 5.54 Å². The first kappa shape index (κ1) is 20.6. The van der Waals surface area contributed by atoms with Gasteiger partial charge in [-0.25, -0.2) is 0 Å². The van der Waals surface area contributed by atoms with E-state index in [9.17, 15) is 9.59 Å². The molecule has 158 valence electrons. The number of fused-ring (bicyclic) bond motifs is 1. The monoisotopic (exact) mass is 433 g/mol. The Morgan fingerprint density at radius 2 is 1.77 bits per heavy atom. The summed E-state index contributed by atoms with van der Waals surface area (Å²) in [5.41, 5.74) is 7.29. The van der Waals surface area contributed by atoms with Crippen molar-refractivity contribution >= 4 is 44.9 Å². The van der Waals surface area contributed by atoms with Crippen LogP contribution in [0, 0.1) is 0 Å². The molecule has 31 heavy (non-hydrogen) atoms. The van der Waals surface area contributed by atoms with E-state index in [0.29, 0.717) is 26.8 Å². The lowest BCUT2D eigenvalue weighted by Gasteiger charge is -2.26.